The van der Waals surface area contributed by atoms with Gasteiger partial charge in [-0.25, -0.2) is 4.98 Å². The van der Waals surface area contributed by atoms with Gasteiger partial charge in [-0.15, -0.1) is 0 Å². The predicted molar refractivity (Wildman–Crippen MR) is 79.2 cm³/mol. The number of rotatable bonds is 7. The summed E-state index contributed by atoms with van der Waals surface area (Å²) in [7, 11) is 0. The molecule has 1 saturated carbocycles. The average molecular weight is 278 g/mol. The monoisotopic (exact) mass is 278 g/mol. The number of nitrogens with one attached hydrogen (secondary N) is 2. The molecule has 0 saturated heterocycles. The van der Waals surface area contributed by atoms with E-state index in [9.17, 15) is 4.79 Å². The molecule has 1 heterocycles. The topological polar surface area (TPSA) is 59.0 Å². The molecule has 1 aromatic rings. The van der Waals surface area contributed by atoms with Crippen LogP contribution in [-0.2, 0) is 17.9 Å². The minimum atomic E-state index is 0.0965. The third-order valence-corrected chi connectivity index (χ3v) is 3.34. The summed E-state index contributed by atoms with van der Waals surface area (Å²) in [4.78, 5) is 15.8. The molecule has 1 aliphatic rings. The molecule has 2 rings (SSSR count). The molecule has 5 heteroatoms. The lowest BCUT2D eigenvalue weighted by atomic mass is 10.1. The van der Waals surface area contributed by atoms with Gasteiger partial charge in [0, 0.05) is 37.3 Å². The first-order valence-electron chi connectivity index (χ1n) is 7.47. The van der Waals surface area contributed by atoms with E-state index in [4.69, 9.17) is 0 Å². The number of aryl methyl sites for hydroxylation is 1. The van der Waals surface area contributed by atoms with Crippen LogP contribution in [0.5, 0.6) is 0 Å². The number of aromatic nitrogens is 2. The van der Waals surface area contributed by atoms with Gasteiger partial charge in [0.25, 0.3) is 0 Å². The Bertz CT molecular complexity index is 443. The van der Waals surface area contributed by atoms with Crippen molar-refractivity contribution >= 4 is 5.91 Å². The average Bonchev–Trinajstić information content (AvgIpc) is 3.04. The molecule has 1 amide bonds. The van der Waals surface area contributed by atoms with Crippen LogP contribution in [0.4, 0.5) is 0 Å². The molecule has 0 atom stereocenters. The van der Waals surface area contributed by atoms with Gasteiger partial charge in [0.2, 0.25) is 5.91 Å². The lowest BCUT2D eigenvalue weighted by Gasteiger charge is -2.20. The second kappa shape index (κ2) is 6.39. The van der Waals surface area contributed by atoms with Crippen LogP contribution in [0.3, 0.4) is 0 Å². The van der Waals surface area contributed by atoms with Crippen LogP contribution in [0.25, 0.3) is 0 Å². The van der Waals surface area contributed by atoms with E-state index < -0.39 is 0 Å². The predicted octanol–water partition coefficient (Wildman–Crippen LogP) is 1.83. The van der Waals surface area contributed by atoms with Crippen LogP contribution in [0.15, 0.2) is 12.5 Å². The normalized spacial score (nSPS) is 15.3. The lowest BCUT2D eigenvalue weighted by Crippen LogP contribution is -2.35. The van der Waals surface area contributed by atoms with Crippen LogP contribution in [0.2, 0.25) is 0 Å². The highest BCUT2D eigenvalue weighted by atomic mass is 16.1. The molecule has 1 fully saturated rings. The van der Waals surface area contributed by atoms with Gasteiger partial charge in [0.05, 0.1) is 12.0 Å². The molecular weight excluding hydrogens is 252 g/mol. The zero-order chi connectivity index (χ0) is 14.6. The fourth-order valence-electron chi connectivity index (χ4n) is 1.99. The molecule has 0 spiro atoms. The van der Waals surface area contributed by atoms with E-state index in [2.05, 4.69) is 41.0 Å². The van der Waals surface area contributed by atoms with Gasteiger partial charge in [-0.3, -0.25) is 4.79 Å². The number of hydrogen-bond donors (Lipinski definition) is 2. The van der Waals surface area contributed by atoms with Gasteiger partial charge in [-0.2, -0.15) is 0 Å². The lowest BCUT2D eigenvalue weighted by molar-refractivity contribution is -0.121. The number of amides is 1. The molecule has 112 valence electrons. The molecule has 0 radical (unpaired) electrons. The molecule has 5 nitrogen and oxygen atoms in total. The van der Waals surface area contributed by atoms with Crippen molar-refractivity contribution in [2.24, 2.45) is 0 Å². The summed E-state index contributed by atoms with van der Waals surface area (Å²) in [6.07, 6.45) is 7.49. The third-order valence-electron chi connectivity index (χ3n) is 3.34. The Morgan fingerprint density at radius 2 is 2.20 bits per heavy atom. The van der Waals surface area contributed by atoms with Crippen molar-refractivity contribution in [2.75, 3.05) is 0 Å². The number of nitrogens with zero attached hydrogens (tertiary/aromatic N) is 2. The van der Waals surface area contributed by atoms with E-state index in [1.54, 1.807) is 0 Å². The van der Waals surface area contributed by atoms with Crippen molar-refractivity contribution < 1.29 is 4.79 Å². The summed E-state index contributed by atoms with van der Waals surface area (Å²) in [5.41, 5.74) is 1.27. The Balaban J connectivity index is 1.72. The molecule has 0 aliphatic heterocycles. The zero-order valence-electron chi connectivity index (χ0n) is 12.8. The maximum Gasteiger partial charge on any atom is 0.220 e. The van der Waals surface area contributed by atoms with Crippen LogP contribution < -0.4 is 10.6 Å². The molecule has 0 bridgehead atoms. The Kier molecular flexibility index (Phi) is 4.81. The maximum absolute atomic E-state index is 11.6. The van der Waals surface area contributed by atoms with Gasteiger partial charge < -0.3 is 15.2 Å². The van der Waals surface area contributed by atoms with Gasteiger partial charge >= 0.3 is 0 Å². The van der Waals surface area contributed by atoms with Crippen molar-refractivity contribution in [3.63, 3.8) is 0 Å². The fraction of sp³-hybridized carbons (Fsp3) is 0.733. The Labute approximate surface area is 121 Å². The highest BCUT2D eigenvalue weighted by Gasteiger charge is 2.22. The van der Waals surface area contributed by atoms with Crippen LogP contribution in [0.1, 0.15) is 52.1 Å². The Morgan fingerprint density at radius 1 is 1.45 bits per heavy atom. The van der Waals surface area contributed by atoms with E-state index >= 15 is 0 Å². The Morgan fingerprint density at radius 3 is 2.85 bits per heavy atom. The van der Waals surface area contributed by atoms with E-state index in [1.807, 2.05) is 12.5 Å². The smallest absolute Gasteiger partial charge is 0.220 e. The maximum atomic E-state index is 11.6. The molecule has 0 unspecified atom stereocenters. The second-order valence-electron chi connectivity index (χ2n) is 6.63. The van der Waals surface area contributed by atoms with Crippen molar-refractivity contribution in [2.45, 2.75) is 71.1 Å². The summed E-state index contributed by atoms with van der Waals surface area (Å²) in [5, 5.41) is 6.48. The first kappa shape index (κ1) is 15.0. The largest absolute Gasteiger partial charge is 0.353 e. The van der Waals surface area contributed by atoms with Gasteiger partial charge in [-0.05, 0) is 40.0 Å². The minimum absolute atomic E-state index is 0.0965. The van der Waals surface area contributed by atoms with E-state index in [0.29, 0.717) is 12.5 Å². The molecule has 20 heavy (non-hydrogen) atoms. The highest BCUT2D eigenvalue weighted by Crippen LogP contribution is 2.18. The van der Waals surface area contributed by atoms with E-state index in [0.717, 1.165) is 32.4 Å². The molecule has 2 N–H and O–H groups in total. The van der Waals surface area contributed by atoms with Gasteiger partial charge in [0.1, 0.15) is 0 Å². The van der Waals surface area contributed by atoms with Crippen molar-refractivity contribution in [1.82, 2.24) is 20.2 Å². The number of carbonyl (C=O) groups is 1. The summed E-state index contributed by atoms with van der Waals surface area (Å²) in [6.45, 7) is 8.10. The fourth-order valence-corrected chi connectivity index (χ4v) is 1.99. The van der Waals surface area contributed by atoms with Gasteiger partial charge in [0.15, 0.2) is 0 Å². The Hall–Kier alpha value is -1.36. The zero-order valence-corrected chi connectivity index (χ0v) is 12.8. The van der Waals surface area contributed by atoms with Crippen molar-refractivity contribution in [3.05, 3.63) is 18.2 Å². The van der Waals surface area contributed by atoms with Crippen molar-refractivity contribution in [3.8, 4) is 0 Å². The molecular formula is C15H26N4O. The summed E-state index contributed by atoms with van der Waals surface area (Å²) >= 11 is 0. The summed E-state index contributed by atoms with van der Waals surface area (Å²) < 4.78 is 2.13. The minimum Gasteiger partial charge on any atom is -0.353 e. The summed E-state index contributed by atoms with van der Waals surface area (Å²) in [5.74, 6) is 0.182. The van der Waals surface area contributed by atoms with E-state index in [-0.39, 0.29) is 11.4 Å². The first-order valence-corrected chi connectivity index (χ1v) is 7.47. The third kappa shape index (κ3) is 5.33. The SMILES string of the molecule is CC(C)(C)NCc1cncn1CCCC(=O)NC1CC1. The number of hydrogen-bond acceptors (Lipinski definition) is 3. The first-order chi connectivity index (χ1) is 9.44. The van der Waals surface area contributed by atoms with Gasteiger partial charge in [-0.1, -0.05) is 0 Å². The molecule has 0 aromatic carbocycles. The standard InChI is InChI=1S/C15H26N4O/c1-15(2,3)17-10-13-9-16-11-19(13)8-4-5-14(20)18-12-6-7-12/h9,11-12,17H,4-8,10H2,1-3H3,(H,18,20). The summed E-state index contributed by atoms with van der Waals surface area (Å²) in [6, 6.07) is 0.460. The van der Waals surface area contributed by atoms with Crippen LogP contribution in [-0.4, -0.2) is 27.0 Å². The number of imidazole rings is 1. The second-order valence-corrected chi connectivity index (χ2v) is 6.63. The molecule has 1 aliphatic carbocycles. The van der Waals surface area contributed by atoms with Crippen LogP contribution >= 0.6 is 0 Å². The quantitative estimate of drug-likeness (QED) is 0.800. The van der Waals surface area contributed by atoms with Crippen molar-refractivity contribution in [1.29, 1.82) is 0 Å². The van der Waals surface area contributed by atoms with E-state index in [1.165, 1.54) is 5.69 Å². The van der Waals surface area contributed by atoms with Crippen LogP contribution in [0, 0.1) is 0 Å². The highest BCUT2D eigenvalue weighted by molar-refractivity contribution is 5.76. The number of carbonyl (C=O) groups excluding carboxylic acids is 1. The molecule has 1 aromatic heterocycles.